The number of carbonyl (C=O) groups is 4. The van der Waals surface area contributed by atoms with Crippen LogP contribution in [0.4, 0.5) is 0 Å². The van der Waals surface area contributed by atoms with Gasteiger partial charge in [-0.15, -0.1) is 0 Å². The minimum atomic E-state index is -4.98. The highest BCUT2D eigenvalue weighted by atomic mass is 31.2. The number of aliphatic hydroxyl groups is 1. The standard InChI is InChI=1S/C81H142O17P2/c1-5-9-13-17-21-25-29-32-35-36-37-38-41-43-47-50-54-58-62-66-79(84)92-72-77(98-81(86)68-64-60-56-52-48-44-40-34-31-27-23-19-15-11-7-3)74-96-100(89,90)94-70-75(82)69-93-99(87,88)95-73-76(97-80(85)67-63-59-55-51-45-28-24-20-16-12-8-4)71-91-78(83)65-61-57-53-49-46-42-39-33-30-26-22-18-14-10-6-2/h9,13,21-23,25-27,32-35,37-40,75-77,82H,5-8,10-12,14-20,24,28-31,36,41-74H2,1-4H3,(H,87,88)(H,89,90)/b13-9-,25-21-,26-22-,27-23-,35-32-,38-37-,39-33-,40-34-. The number of phosphoric acid groups is 2. The second-order valence-electron chi connectivity index (χ2n) is 26.3. The lowest BCUT2D eigenvalue weighted by Crippen LogP contribution is -2.30. The van der Waals surface area contributed by atoms with Crippen LogP contribution < -0.4 is 0 Å². The van der Waals surface area contributed by atoms with Gasteiger partial charge in [0.05, 0.1) is 26.4 Å². The van der Waals surface area contributed by atoms with Gasteiger partial charge < -0.3 is 33.8 Å². The second kappa shape index (κ2) is 73.3. The average molecular weight is 1450 g/mol. The Morgan fingerprint density at radius 1 is 0.290 bits per heavy atom. The Labute approximate surface area is 607 Å². The summed E-state index contributed by atoms with van der Waals surface area (Å²) in [6.07, 6.45) is 76.7. The van der Waals surface area contributed by atoms with E-state index in [0.29, 0.717) is 25.7 Å². The normalized spacial score (nSPS) is 14.4. The molecular formula is C81H142O17P2. The van der Waals surface area contributed by atoms with Crippen molar-refractivity contribution in [2.24, 2.45) is 0 Å². The van der Waals surface area contributed by atoms with E-state index >= 15 is 0 Å². The fourth-order valence-corrected chi connectivity index (χ4v) is 12.1. The van der Waals surface area contributed by atoms with Crippen LogP contribution in [0.15, 0.2) is 97.2 Å². The monoisotopic (exact) mass is 1450 g/mol. The van der Waals surface area contributed by atoms with Crippen molar-refractivity contribution in [2.45, 2.75) is 354 Å². The summed E-state index contributed by atoms with van der Waals surface area (Å²) >= 11 is 0. The summed E-state index contributed by atoms with van der Waals surface area (Å²) in [7, 11) is -9.95. The van der Waals surface area contributed by atoms with Crippen LogP contribution >= 0.6 is 15.6 Å². The van der Waals surface area contributed by atoms with E-state index in [4.69, 9.17) is 37.0 Å². The molecule has 0 saturated carbocycles. The topological polar surface area (TPSA) is 237 Å². The minimum Gasteiger partial charge on any atom is -0.462 e. The van der Waals surface area contributed by atoms with Gasteiger partial charge in [0.25, 0.3) is 0 Å². The first-order chi connectivity index (χ1) is 48.7. The highest BCUT2D eigenvalue weighted by molar-refractivity contribution is 7.47. The second-order valence-corrected chi connectivity index (χ2v) is 29.2. The zero-order chi connectivity index (χ0) is 73.2. The summed E-state index contributed by atoms with van der Waals surface area (Å²) in [5, 5.41) is 10.6. The molecule has 5 atom stereocenters. The molecule has 0 aliphatic heterocycles. The van der Waals surface area contributed by atoms with Gasteiger partial charge in [-0.25, -0.2) is 9.13 Å². The van der Waals surface area contributed by atoms with E-state index in [0.717, 1.165) is 180 Å². The summed E-state index contributed by atoms with van der Waals surface area (Å²) in [4.78, 5) is 72.9. The van der Waals surface area contributed by atoms with Crippen LogP contribution in [0.3, 0.4) is 0 Å². The molecular weight excluding hydrogens is 1310 g/mol. The van der Waals surface area contributed by atoms with Gasteiger partial charge in [-0.3, -0.25) is 37.3 Å². The van der Waals surface area contributed by atoms with E-state index in [1.807, 2.05) is 0 Å². The van der Waals surface area contributed by atoms with E-state index in [-0.39, 0.29) is 25.7 Å². The van der Waals surface area contributed by atoms with Crippen molar-refractivity contribution in [2.75, 3.05) is 39.6 Å². The lowest BCUT2D eigenvalue weighted by molar-refractivity contribution is -0.161. The van der Waals surface area contributed by atoms with Crippen molar-refractivity contribution in [1.29, 1.82) is 0 Å². The maximum atomic E-state index is 13.1. The Kier molecular flexibility index (Phi) is 70.4. The van der Waals surface area contributed by atoms with Crippen LogP contribution in [0.2, 0.25) is 0 Å². The molecule has 0 aromatic carbocycles. The van der Waals surface area contributed by atoms with Gasteiger partial charge in [-0.2, -0.15) is 0 Å². The highest BCUT2D eigenvalue weighted by Gasteiger charge is 2.30. The number of ether oxygens (including phenoxy) is 4. The van der Waals surface area contributed by atoms with Crippen LogP contribution in [0.25, 0.3) is 0 Å². The molecule has 3 N–H and O–H groups in total. The maximum Gasteiger partial charge on any atom is 0.472 e. The molecule has 0 aliphatic rings. The van der Waals surface area contributed by atoms with Gasteiger partial charge in [0.1, 0.15) is 19.3 Å². The average Bonchev–Trinajstić information content (AvgIpc) is 0.985. The molecule has 0 heterocycles. The molecule has 0 bridgehead atoms. The fraction of sp³-hybridized carbons (Fsp3) is 0.753. The third-order valence-corrected chi connectivity index (χ3v) is 18.4. The fourth-order valence-electron chi connectivity index (χ4n) is 10.5. The van der Waals surface area contributed by atoms with Gasteiger partial charge in [-0.05, 0) is 128 Å². The Bertz CT molecular complexity index is 2270. The van der Waals surface area contributed by atoms with E-state index < -0.39 is 97.5 Å². The van der Waals surface area contributed by atoms with Crippen molar-refractivity contribution < 1.29 is 80.2 Å². The van der Waals surface area contributed by atoms with Gasteiger partial charge in [0.15, 0.2) is 12.2 Å². The number of hydrogen-bond acceptors (Lipinski definition) is 15. The van der Waals surface area contributed by atoms with Crippen LogP contribution in [-0.2, 0) is 65.4 Å². The Morgan fingerprint density at radius 2 is 0.520 bits per heavy atom. The molecule has 0 fully saturated rings. The number of hydrogen-bond donors (Lipinski definition) is 3. The van der Waals surface area contributed by atoms with Crippen molar-refractivity contribution in [3.05, 3.63) is 97.2 Å². The lowest BCUT2D eigenvalue weighted by atomic mass is 10.1. The Hall–Kier alpha value is -4.02. The molecule has 17 nitrogen and oxygen atoms in total. The van der Waals surface area contributed by atoms with Crippen LogP contribution in [0, 0.1) is 0 Å². The third-order valence-electron chi connectivity index (χ3n) is 16.5. The summed E-state index contributed by atoms with van der Waals surface area (Å²) in [5.41, 5.74) is 0. The third kappa shape index (κ3) is 72.3. The number of phosphoric ester groups is 2. The van der Waals surface area contributed by atoms with Crippen LogP contribution in [0.1, 0.15) is 336 Å². The van der Waals surface area contributed by atoms with Crippen LogP contribution in [0.5, 0.6) is 0 Å². The first-order valence-electron chi connectivity index (χ1n) is 39.5. The molecule has 0 rings (SSSR count). The predicted octanol–water partition coefficient (Wildman–Crippen LogP) is 22.8. The van der Waals surface area contributed by atoms with E-state index in [2.05, 4.69) is 125 Å². The SMILES string of the molecule is CC/C=C\C/C=C\C/C=C\C/C=C\CCCCCCCCC(=O)OCC(COP(=O)(O)OCC(O)COP(=O)(O)OCC(COC(=O)CCCCCCC/C=C\C/C=C\CCCCC)OC(=O)CCCCCCCCCCCCC)OC(=O)CCCCCCC/C=C\C/C=C\CCCCC. The van der Waals surface area contributed by atoms with Crippen LogP contribution in [-0.4, -0.2) is 96.7 Å². The van der Waals surface area contributed by atoms with Crippen molar-refractivity contribution in [3.8, 4) is 0 Å². The molecule has 19 heteroatoms. The molecule has 0 aromatic heterocycles. The first-order valence-corrected chi connectivity index (χ1v) is 42.5. The van der Waals surface area contributed by atoms with Gasteiger partial charge in [0, 0.05) is 25.7 Å². The number of unbranched alkanes of at least 4 members (excludes halogenated alkanes) is 32. The smallest absolute Gasteiger partial charge is 0.462 e. The maximum absolute atomic E-state index is 13.1. The minimum absolute atomic E-state index is 0.0756. The van der Waals surface area contributed by atoms with E-state index in [9.17, 15) is 43.2 Å². The summed E-state index contributed by atoms with van der Waals surface area (Å²) < 4.78 is 68.5. The Balaban J connectivity index is 5.34. The molecule has 0 aliphatic carbocycles. The zero-order valence-corrected chi connectivity index (χ0v) is 64.9. The largest absolute Gasteiger partial charge is 0.472 e. The molecule has 0 spiro atoms. The van der Waals surface area contributed by atoms with Gasteiger partial charge in [0.2, 0.25) is 0 Å². The van der Waals surface area contributed by atoms with Crippen molar-refractivity contribution in [1.82, 2.24) is 0 Å². The molecule has 5 unspecified atom stereocenters. The van der Waals surface area contributed by atoms with Crippen molar-refractivity contribution >= 4 is 39.5 Å². The summed E-state index contributed by atoms with van der Waals surface area (Å²) in [6, 6.07) is 0. The first kappa shape index (κ1) is 96.0. The Morgan fingerprint density at radius 3 is 0.820 bits per heavy atom. The summed E-state index contributed by atoms with van der Waals surface area (Å²) in [5.74, 6) is -2.20. The number of aliphatic hydroxyl groups excluding tert-OH is 1. The number of rotatable bonds is 74. The highest BCUT2D eigenvalue weighted by Crippen LogP contribution is 2.45. The molecule has 578 valence electrons. The van der Waals surface area contributed by atoms with Gasteiger partial charge >= 0.3 is 39.5 Å². The molecule has 0 saturated heterocycles. The quantitative estimate of drug-likeness (QED) is 0.0169. The van der Waals surface area contributed by atoms with E-state index in [1.165, 1.54) is 77.0 Å². The molecule has 0 aromatic rings. The lowest BCUT2D eigenvalue weighted by Gasteiger charge is -2.21. The summed E-state index contributed by atoms with van der Waals surface area (Å²) in [6.45, 7) is 4.69. The number of esters is 4. The van der Waals surface area contributed by atoms with E-state index in [1.54, 1.807) is 0 Å². The number of allylic oxidation sites excluding steroid dienone is 16. The zero-order valence-electron chi connectivity index (χ0n) is 63.1. The molecule has 0 amide bonds. The predicted molar refractivity (Wildman–Crippen MR) is 409 cm³/mol. The molecule has 100 heavy (non-hydrogen) atoms. The van der Waals surface area contributed by atoms with Gasteiger partial charge in [-0.1, -0.05) is 279 Å². The number of carbonyl (C=O) groups excluding carboxylic acids is 4. The molecule has 0 radical (unpaired) electrons. The van der Waals surface area contributed by atoms with Crippen molar-refractivity contribution in [3.63, 3.8) is 0 Å².